The van der Waals surface area contributed by atoms with Crippen molar-refractivity contribution < 1.29 is 31.5 Å². The van der Waals surface area contributed by atoms with Gasteiger partial charge in [0, 0.05) is 24.4 Å². The molecular formula is C18H14ClF5N4O2. The Morgan fingerprint density at radius 2 is 1.73 bits per heavy atom. The molecule has 1 fully saturated rings. The summed E-state index contributed by atoms with van der Waals surface area (Å²) in [5.74, 6) is -5.80. The Morgan fingerprint density at radius 1 is 1.17 bits per heavy atom. The first-order chi connectivity index (χ1) is 14.0. The molecular weight excluding hydrogens is 435 g/mol. The molecule has 1 saturated carbocycles. The number of anilines is 1. The van der Waals surface area contributed by atoms with Gasteiger partial charge in [0.05, 0.1) is 23.0 Å². The van der Waals surface area contributed by atoms with E-state index in [9.17, 15) is 31.5 Å². The van der Waals surface area contributed by atoms with E-state index in [1.165, 1.54) is 12.4 Å². The standard InChI is InChI=1S/C18H14ClF5N4O2/c19-13-6-25-16(26-7-13)27-14(29)9-28(8-12-5-17(12,20)21)15(30)10-1-3-11(4-2-10)18(22,23)24/h1-4,6-7,12H,5,8-9H2,(H,25,26,27,29). The third-order valence-corrected chi connectivity index (χ3v) is 4.54. The lowest BCUT2D eigenvalue weighted by Crippen LogP contribution is -2.40. The average Bonchev–Trinajstić information content (AvgIpc) is 3.27. The summed E-state index contributed by atoms with van der Waals surface area (Å²) in [7, 11) is 0. The summed E-state index contributed by atoms with van der Waals surface area (Å²) in [5.41, 5.74) is -1.13. The van der Waals surface area contributed by atoms with Crippen LogP contribution in [0.5, 0.6) is 0 Å². The average molecular weight is 449 g/mol. The van der Waals surface area contributed by atoms with E-state index in [2.05, 4.69) is 15.3 Å². The van der Waals surface area contributed by atoms with Crippen LogP contribution in [0.2, 0.25) is 5.02 Å². The molecule has 1 aromatic heterocycles. The zero-order chi connectivity index (χ0) is 22.1. The molecule has 0 spiro atoms. The minimum absolute atomic E-state index is 0.108. The largest absolute Gasteiger partial charge is 0.416 e. The molecule has 1 N–H and O–H groups in total. The molecule has 6 nitrogen and oxygen atoms in total. The first-order valence-corrected chi connectivity index (χ1v) is 8.95. The van der Waals surface area contributed by atoms with Gasteiger partial charge in [-0.3, -0.25) is 14.9 Å². The maximum Gasteiger partial charge on any atom is 0.416 e. The van der Waals surface area contributed by atoms with Gasteiger partial charge in [-0.15, -0.1) is 0 Å². The Hall–Kier alpha value is -2.82. The maximum absolute atomic E-state index is 13.3. The second-order valence-electron chi connectivity index (χ2n) is 6.70. The van der Waals surface area contributed by atoms with E-state index in [1.807, 2.05) is 0 Å². The molecule has 1 aliphatic rings. The van der Waals surface area contributed by atoms with Crippen molar-refractivity contribution in [2.75, 3.05) is 18.4 Å². The molecule has 2 aromatic rings. The molecule has 1 aliphatic carbocycles. The molecule has 0 bridgehead atoms. The van der Waals surface area contributed by atoms with Crippen LogP contribution in [0.4, 0.5) is 27.9 Å². The number of carbonyl (C=O) groups excluding carboxylic acids is 2. The van der Waals surface area contributed by atoms with Gasteiger partial charge in [-0.2, -0.15) is 13.2 Å². The Bertz CT molecular complexity index is 935. The van der Waals surface area contributed by atoms with Gasteiger partial charge in [0.25, 0.3) is 11.8 Å². The van der Waals surface area contributed by atoms with Gasteiger partial charge in [0.15, 0.2) is 0 Å². The third kappa shape index (κ3) is 5.41. The number of amides is 2. The molecule has 0 aliphatic heterocycles. The van der Waals surface area contributed by atoms with Crippen molar-refractivity contribution in [2.45, 2.75) is 18.5 Å². The molecule has 3 rings (SSSR count). The number of rotatable bonds is 6. The van der Waals surface area contributed by atoms with Crippen LogP contribution in [-0.2, 0) is 11.0 Å². The zero-order valence-corrected chi connectivity index (χ0v) is 15.8. The van der Waals surface area contributed by atoms with Crippen LogP contribution in [0.15, 0.2) is 36.7 Å². The third-order valence-electron chi connectivity index (χ3n) is 4.35. The summed E-state index contributed by atoms with van der Waals surface area (Å²) in [6, 6.07) is 3.28. The van der Waals surface area contributed by atoms with E-state index in [0.717, 1.165) is 17.0 Å². The zero-order valence-electron chi connectivity index (χ0n) is 15.1. The highest BCUT2D eigenvalue weighted by atomic mass is 35.5. The molecule has 1 heterocycles. The van der Waals surface area contributed by atoms with Crippen molar-refractivity contribution in [1.82, 2.24) is 14.9 Å². The summed E-state index contributed by atoms with van der Waals surface area (Å²) in [4.78, 5) is 33.3. The van der Waals surface area contributed by atoms with Gasteiger partial charge in [0.1, 0.15) is 6.54 Å². The highest BCUT2D eigenvalue weighted by Gasteiger charge is 2.57. The van der Waals surface area contributed by atoms with Crippen molar-refractivity contribution in [2.24, 2.45) is 5.92 Å². The fraction of sp³-hybridized carbons (Fsp3) is 0.333. The van der Waals surface area contributed by atoms with Crippen molar-refractivity contribution >= 4 is 29.4 Å². The van der Waals surface area contributed by atoms with Crippen LogP contribution >= 0.6 is 11.6 Å². The van der Waals surface area contributed by atoms with Crippen LogP contribution in [0.3, 0.4) is 0 Å². The van der Waals surface area contributed by atoms with Crippen LogP contribution in [0, 0.1) is 5.92 Å². The van der Waals surface area contributed by atoms with Crippen LogP contribution in [-0.4, -0.2) is 45.7 Å². The van der Waals surface area contributed by atoms with E-state index in [4.69, 9.17) is 11.6 Å². The number of carbonyl (C=O) groups is 2. The number of hydrogen-bond donors (Lipinski definition) is 1. The molecule has 1 aromatic carbocycles. The van der Waals surface area contributed by atoms with Crippen molar-refractivity contribution in [3.8, 4) is 0 Å². The van der Waals surface area contributed by atoms with E-state index in [-0.39, 0.29) is 16.5 Å². The Balaban J connectivity index is 1.73. The molecule has 160 valence electrons. The Morgan fingerprint density at radius 3 is 2.23 bits per heavy atom. The summed E-state index contributed by atoms with van der Waals surface area (Å²) >= 11 is 5.64. The van der Waals surface area contributed by atoms with Crippen LogP contribution in [0.25, 0.3) is 0 Å². The molecule has 0 radical (unpaired) electrons. The normalized spacial score (nSPS) is 17.3. The highest BCUT2D eigenvalue weighted by molar-refractivity contribution is 6.30. The first kappa shape index (κ1) is 21.9. The second kappa shape index (κ2) is 8.13. The van der Waals surface area contributed by atoms with E-state index in [0.29, 0.717) is 12.1 Å². The van der Waals surface area contributed by atoms with E-state index in [1.54, 1.807) is 0 Å². The Labute approximate surface area is 172 Å². The van der Waals surface area contributed by atoms with Crippen molar-refractivity contribution in [3.63, 3.8) is 0 Å². The monoisotopic (exact) mass is 448 g/mol. The first-order valence-electron chi connectivity index (χ1n) is 8.57. The van der Waals surface area contributed by atoms with Crippen molar-refractivity contribution in [1.29, 1.82) is 0 Å². The van der Waals surface area contributed by atoms with E-state index >= 15 is 0 Å². The second-order valence-corrected chi connectivity index (χ2v) is 7.13. The predicted molar refractivity (Wildman–Crippen MR) is 96.1 cm³/mol. The number of aromatic nitrogens is 2. The van der Waals surface area contributed by atoms with Gasteiger partial charge in [-0.25, -0.2) is 18.7 Å². The minimum Gasteiger partial charge on any atom is -0.329 e. The summed E-state index contributed by atoms with van der Waals surface area (Å²) in [6.07, 6.45) is -2.58. The van der Waals surface area contributed by atoms with Crippen LogP contribution in [0.1, 0.15) is 22.3 Å². The van der Waals surface area contributed by atoms with Gasteiger partial charge in [-0.1, -0.05) is 11.6 Å². The maximum atomic E-state index is 13.3. The number of nitrogens with one attached hydrogen (secondary N) is 1. The Kier molecular flexibility index (Phi) is 5.93. The fourth-order valence-corrected chi connectivity index (χ4v) is 2.75. The molecule has 1 unspecified atom stereocenters. The lowest BCUT2D eigenvalue weighted by atomic mass is 10.1. The molecule has 1 atom stereocenters. The number of benzene rings is 1. The highest BCUT2D eigenvalue weighted by Crippen LogP contribution is 2.49. The smallest absolute Gasteiger partial charge is 0.329 e. The summed E-state index contributed by atoms with van der Waals surface area (Å²) in [6.45, 7) is -1.04. The lowest BCUT2D eigenvalue weighted by Gasteiger charge is -2.22. The van der Waals surface area contributed by atoms with Gasteiger partial charge < -0.3 is 4.90 Å². The number of hydrogen-bond acceptors (Lipinski definition) is 4. The minimum atomic E-state index is -4.59. The molecule has 2 amide bonds. The van der Waals surface area contributed by atoms with E-state index < -0.39 is 54.9 Å². The fourth-order valence-electron chi connectivity index (χ4n) is 2.65. The molecule has 12 heteroatoms. The summed E-state index contributed by atoms with van der Waals surface area (Å²) in [5, 5.41) is 2.52. The quantitative estimate of drug-likeness (QED) is 0.680. The van der Waals surface area contributed by atoms with Crippen LogP contribution < -0.4 is 5.32 Å². The predicted octanol–water partition coefficient (Wildman–Crippen LogP) is 3.88. The number of halogens is 6. The van der Waals surface area contributed by atoms with Gasteiger partial charge in [0.2, 0.25) is 11.9 Å². The van der Waals surface area contributed by atoms with Gasteiger partial charge in [-0.05, 0) is 24.3 Å². The summed E-state index contributed by atoms with van der Waals surface area (Å²) < 4.78 is 64.8. The number of alkyl halides is 5. The number of nitrogens with zero attached hydrogens (tertiary/aromatic N) is 3. The van der Waals surface area contributed by atoms with Gasteiger partial charge >= 0.3 is 6.18 Å². The molecule has 0 saturated heterocycles. The van der Waals surface area contributed by atoms with Crippen molar-refractivity contribution in [3.05, 3.63) is 52.8 Å². The molecule has 30 heavy (non-hydrogen) atoms. The SMILES string of the molecule is O=C(CN(CC1CC1(F)F)C(=O)c1ccc(C(F)(F)F)cc1)Nc1ncc(Cl)cn1. The lowest BCUT2D eigenvalue weighted by molar-refractivity contribution is -0.137. The topological polar surface area (TPSA) is 75.2 Å².